The maximum atomic E-state index is 12.1. The zero-order chi connectivity index (χ0) is 12.5. The van der Waals surface area contributed by atoms with Crippen molar-refractivity contribution in [2.75, 3.05) is 7.05 Å². The quantitative estimate of drug-likeness (QED) is 0.750. The van der Waals surface area contributed by atoms with Crippen molar-refractivity contribution in [2.45, 2.75) is 43.9 Å². The van der Waals surface area contributed by atoms with Gasteiger partial charge in [-0.15, -0.1) is 0 Å². The number of likely N-dealkylation sites (N-methyl/N-ethyl adjacent to an activating group) is 1. The molecule has 2 fully saturated rings. The van der Waals surface area contributed by atoms with Gasteiger partial charge in [0.2, 0.25) is 0 Å². The molecule has 0 aromatic heterocycles. The van der Waals surface area contributed by atoms with Crippen LogP contribution < -0.4 is 0 Å². The number of hydrogen-bond acceptors (Lipinski definition) is 3. The highest BCUT2D eigenvalue weighted by Gasteiger charge is 2.43. The molecule has 1 aromatic carbocycles. The maximum absolute atomic E-state index is 12.1. The fourth-order valence-corrected chi connectivity index (χ4v) is 3.30. The van der Waals surface area contributed by atoms with E-state index >= 15 is 0 Å². The van der Waals surface area contributed by atoms with Gasteiger partial charge in [0.15, 0.2) is 0 Å². The summed E-state index contributed by atoms with van der Waals surface area (Å²) < 4.78 is 5.70. The van der Waals surface area contributed by atoms with Crippen molar-refractivity contribution < 1.29 is 9.53 Å². The van der Waals surface area contributed by atoms with Crippen LogP contribution in [-0.4, -0.2) is 36.1 Å². The molecule has 18 heavy (non-hydrogen) atoms. The summed E-state index contributed by atoms with van der Waals surface area (Å²) in [4.78, 5) is 14.5. The van der Waals surface area contributed by atoms with E-state index in [2.05, 4.69) is 11.9 Å². The summed E-state index contributed by atoms with van der Waals surface area (Å²) in [6, 6.07) is 10.3. The number of hydrogen-bond donors (Lipinski definition) is 0. The summed E-state index contributed by atoms with van der Waals surface area (Å²) in [5.41, 5.74) is 0.654. The smallest absolute Gasteiger partial charge is 0.338 e. The van der Waals surface area contributed by atoms with Crippen LogP contribution in [-0.2, 0) is 4.74 Å². The van der Waals surface area contributed by atoms with E-state index in [9.17, 15) is 4.79 Å². The van der Waals surface area contributed by atoms with E-state index in [1.165, 1.54) is 12.8 Å². The van der Waals surface area contributed by atoms with Crippen LogP contribution in [0, 0.1) is 0 Å². The molecule has 2 aliphatic rings. The van der Waals surface area contributed by atoms with E-state index in [0.29, 0.717) is 17.6 Å². The Morgan fingerprint density at radius 3 is 2.78 bits per heavy atom. The Balaban J connectivity index is 1.69. The minimum Gasteiger partial charge on any atom is -0.457 e. The summed E-state index contributed by atoms with van der Waals surface area (Å²) in [6.45, 7) is 0. The molecule has 0 N–H and O–H groups in total. The first-order chi connectivity index (χ1) is 8.75. The minimum absolute atomic E-state index is 0.0789. The third-order valence-corrected chi connectivity index (χ3v) is 4.34. The van der Waals surface area contributed by atoms with Crippen LogP contribution in [0.1, 0.15) is 36.0 Å². The van der Waals surface area contributed by atoms with Gasteiger partial charge in [0.1, 0.15) is 6.10 Å². The van der Waals surface area contributed by atoms with E-state index < -0.39 is 0 Å². The third kappa shape index (κ3) is 2.03. The largest absolute Gasteiger partial charge is 0.457 e. The van der Waals surface area contributed by atoms with Crippen molar-refractivity contribution in [3.05, 3.63) is 35.9 Å². The van der Waals surface area contributed by atoms with Crippen molar-refractivity contribution in [1.82, 2.24) is 4.90 Å². The lowest BCUT2D eigenvalue weighted by atomic mass is 10.0. The Morgan fingerprint density at radius 1 is 1.28 bits per heavy atom. The first-order valence-electron chi connectivity index (χ1n) is 6.73. The maximum Gasteiger partial charge on any atom is 0.338 e. The van der Waals surface area contributed by atoms with E-state index in [0.717, 1.165) is 12.8 Å². The van der Waals surface area contributed by atoms with Gasteiger partial charge in [0, 0.05) is 18.5 Å². The monoisotopic (exact) mass is 245 g/mol. The molecule has 0 saturated carbocycles. The van der Waals surface area contributed by atoms with Gasteiger partial charge < -0.3 is 4.74 Å². The average Bonchev–Trinajstić information content (AvgIpc) is 2.59. The molecule has 3 nitrogen and oxygen atoms in total. The minimum atomic E-state index is -0.179. The van der Waals surface area contributed by atoms with Gasteiger partial charge in [0.25, 0.3) is 0 Å². The predicted molar refractivity (Wildman–Crippen MR) is 69.5 cm³/mol. The second kappa shape index (κ2) is 4.73. The Hall–Kier alpha value is -1.35. The lowest BCUT2D eigenvalue weighted by Gasteiger charge is -2.31. The van der Waals surface area contributed by atoms with Crippen LogP contribution >= 0.6 is 0 Å². The van der Waals surface area contributed by atoms with Gasteiger partial charge in [-0.2, -0.15) is 0 Å². The lowest BCUT2D eigenvalue weighted by molar-refractivity contribution is 0.0197. The average molecular weight is 245 g/mol. The van der Waals surface area contributed by atoms with Crippen LogP contribution in [0.25, 0.3) is 0 Å². The van der Waals surface area contributed by atoms with Crippen molar-refractivity contribution in [1.29, 1.82) is 0 Å². The van der Waals surface area contributed by atoms with Crippen LogP contribution in [0.4, 0.5) is 0 Å². The number of carbonyl (C=O) groups is 1. The van der Waals surface area contributed by atoms with Crippen molar-refractivity contribution in [2.24, 2.45) is 0 Å². The van der Waals surface area contributed by atoms with Gasteiger partial charge in [0.05, 0.1) is 5.56 Å². The normalized spacial score (nSPS) is 31.3. The summed E-state index contributed by atoms with van der Waals surface area (Å²) in [5, 5.41) is 0. The molecule has 0 aliphatic carbocycles. The molecule has 3 atom stereocenters. The summed E-state index contributed by atoms with van der Waals surface area (Å²) in [7, 11) is 2.16. The summed E-state index contributed by atoms with van der Waals surface area (Å²) >= 11 is 0. The highest BCUT2D eigenvalue weighted by atomic mass is 16.5. The number of carbonyl (C=O) groups excluding carboxylic acids is 1. The van der Waals surface area contributed by atoms with Gasteiger partial charge in [-0.05, 0) is 32.0 Å². The van der Waals surface area contributed by atoms with Crippen LogP contribution in [0.3, 0.4) is 0 Å². The van der Waals surface area contributed by atoms with Gasteiger partial charge in [-0.3, -0.25) is 4.90 Å². The molecule has 1 aromatic rings. The van der Waals surface area contributed by atoms with Crippen LogP contribution in [0.2, 0.25) is 0 Å². The number of ether oxygens (including phenoxy) is 1. The fraction of sp³-hybridized carbons (Fsp3) is 0.533. The van der Waals surface area contributed by atoms with Crippen molar-refractivity contribution in [3.63, 3.8) is 0 Å². The summed E-state index contributed by atoms with van der Waals surface area (Å²) in [5.74, 6) is -0.179. The Kier molecular flexibility index (Phi) is 3.08. The first kappa shape index (κ1) is 11.7. The molecule has 3 heteroatoms. The number of fused-ring (bicyclic) bond motifs is 2. The molecule has 0 spiro atoms. The third-order valence-electron chi connectivity index (χ3n) is 4.34. The molecular formula is C15H19NO2. The summed E-state index contributed by atoms with van der Waals surface area (Å²) in [6.07, 6.45) is 4.74. The number of rotatable bonds is 2. The van der Waals surface area contributed by atoms with E-state index in [1.807, 2.05) is 30.3 Å². The Bertz CT molecular complexity index is 431. The SMILES string of the molecule is CN1[C@H]2CCC[C@@H]1C(OC(=O)c1ccccc1)C2. The zero-order valence-corrected chi connectivity index (χ0v) is 10.7. The molecule has 1 unspecified atom stereocenters. The highest BCUT2D eigenvalue weighted by Crippen LogP contribution is 2.36. The van der Waals surface area contributed by atoms with Crippen molar-refractivity contribution >= 4 is 5.97 Å². The molecule has 2 saturated heterocycles. The fourth-order valence-electron chi connectivity index (χ4n) is 3.30. The topological polar surface area (TPSA) is 29.5 Å². The molecule has 96 valence electrons. The molecule has 3 rings (SSSR count). The standard InChI is InChI=1S/C15H19NO2/c1-16-12-8-5-9-13(16)14(10-12)18-15(17)11-6-3-2-4-7-11/h2-4,6-7,12-14H,5,8-10H2,1H3/t12-,13+,14?/m0/s1. The molecule has 2 aliphatic heterocycles. The number of piperidine rings is 1. The first-order valence-corrected chi connectivity index (χ1v) is 6.73. The van der Waals surface area contributed by atoms with Gasteiger partial charge in [-0.25, -0.2) is 4.79 Å². The van der Waals surface area contributed by atoms with Gasteiger partial charge in [-0.1, -0.05) is 24.6 Å². The van der Waals surface area contributed by atoms with E-state index in [-0.39, 0.29) is 12.1 Å². The van der Waals surface area contributed by atoms with E-state index in [1.54, 1.807) is 0 Å². The molecule has 2 bridgehead atoms. The second-order valence-electron chi connectivity index (χ2n) is 5.36. The van der Waals surface area contributed by atoms with Crippen molar-refractivity contribution in [3.8, 4) is 0 Å². The Morgan fingerprint density at radius 2 is 2.06 bits per heavy atom. The molecule has 0 radical (unpaired) electrons. The zero-order valence-electron chi connectivity index (χ0n) is 10.7. The Labute approximate surface area is 108 Å². The number of benzene rings is 1. The predicted octanol–water partition coefficient (Wildman–Crippen LogP) is 2.47. The van der Waals surface area contributed by atoms with Crippen LogP contribution in [0.15, 0.2) is 30.3 Å². The lowest BCUT2D eigenvalue weighted by Crippen LogP contribution is -2.39. The molecular weight excluding hydrogens is 226 g/mol. The number of esters is 1. The molecule has 0 amide bonds. The van der Waals surface area contributed by atoms with Crippen LogP contribution in [0.5, 0.6) is 0 Å². The van der Waals surface area contributed by atoms with Gasteiger partial charge >= 0.3 is 5.97 Å². The van der Waals surface area contributed by atoms with E-state index in [4.69, 9.17) is 4.74 Å². The highest BCUT2D eigenvalue weighted by molar-refractivity contribution is 5.89. The molecule has 2 heterocycles. The second-order valence-corrected chi connectivity index (χ2v) is 5.36. The number of nitrogens with zero attached hydrogens (tertiary/aromatic N) is 1.